The average Bonchev–Trinajstić information content (AvgIpc) is 2.25. The monoisotopic (exact) mass is 245 g/mol. The largest absolute Gasteiger partial charge is 0.461 e. The number of nitrogens with one attached hydrogen (secondary N) is 1. The van der Waals surface area contributed by atoms with Crippen molar-refractivity contribution >= 4 is 12.1 Å². The summed E-state index contributed by atoms with van der Waals surface area (Å²) in [5.41, 5.74) is 0. The van der Waals surface area contributed by atoms with Crippen LogP contribution < -0.4 is 5.32 Å². The van der Waals surface area contributed by atoms with Crippen molar-refractivity contribution in [3.63, 3.8) is 0 Å². The Bertz CT molecular complexity index is 253. The Morgan fingerprint density at radius 1 is 1.18 bits per heavy atom. The average molecular weight is 245 g/mol. The van der Waals surface area contributed by atoms with Crippen molar-refractivity contribution in [2.75, 3.05) is 6.61 Å². The van der Waals surface area contributed by atoms with Gasteiger partial charge in [0.15, 0.2) is 0 Å². The predicted molar refractivity (Wildman–Crippen MR) is 64.6 cm³/mol. The van der Waals surface area contributed by atoms with Gasteiger partial charge in [0.25, 0.3) is 0 Å². The molecule has 0 aromatic rings. The minimum atomic E-state index is -0.643. The van der Waals surface area contributed by atoms with Crippen molar-refractivity contribution < 1.29 is 19.1 Å². The van der Waals surface area contributed by atoms with Crippen molar-refractivity contribution in [1.82, 2.24) is 5.32 Å². The van der Waals surface area contributed by atoms with Crippen LogP contribution in [-0.2, 0) is 14.3 Å². The van der Waals surface area contributed by atoms with Gasteiger partial charge in [-0.25, -0.2) is 9.59 Å². The molecule has 0 aromatic carbocycles. The van der Waals surface area contributed by atoms with Crippen molar-refractivity contribution in [2.45, 2.75) is 53.2 Å². The first-order valence-corrected chi connectivity index (χ1v) is 6.06. The molecule has 5 nitrogen and oxygen atoms in total. The molecular formula is C12H23NO4. The number of carbonyl (C=O) groups is 2. The highest BCUT2D eigenvalue weighted by atomic mass is 16.6. The predicted octanol–water partition coefficient (Wildman–Crippen LogP) is 2.10. The number of hydrogen-bond donors (Lipinski definition) is 1. The van der Waals surface area contributed by atoms with Gasteiger partial charge in [-0.3, -0.25) is 0 Å². The lowest BCUT2D eigenvalue weighted by molar-refractivity contribution is -0.152. The van der Waals surface area contributed by atoms with E-state index in [4.69, 9.17) is 9.47 Å². The minimum Gasteiger partial charge on any atom is -0.461 e. The van der Waals surface area contributed by atoms with Crippen molar-refractivity contribution in [3.05, 3.63) is 0 Å². The lowest BCUT2D eigenvalue weighted by atomic mass is 10.1. The van der Waals surface area contributed by atoms with E-state index in [2.05, 4.69) is 5.32 Å². The fourth-order valence-electron chi connectivity index (χ4n) is 1.04. The molecule has 0 rings (SSSR count). The van der Waals surface area contributed by atoms with Gasteiger partial charge in [0, 0.05) is 0 Å². The van der Waals surface area contributed by atoms with Gasteiger partial charge >= 0.3 is 12.1 Å². The fraction of sp³-hybridized carbons (Fsp3) is 0.833. The first-order valence-electron chi connectivity index (χ1n) is 6.06. The van der Waals surface area contributed by atoms with Crippen molar-refractivity contribution in [2.24, 2.45) is 5.92 Å². The van der Waals surface area contributed by atoms with E-state index >= 15 is 0 Å². The zero-order valence-corrected chi connectivity index (χ0v) is 11.3. The number of alkyl carbamates (subject to hydrolysis) is 1. The third-order valence-electron chi connectivity index (χ3n) is 2.50. The van der Waals surface area contributed by atoms with Crippen LogP contribution >= 0.6 is 0 Å². The molecule has 2 atom stereocenters. The maximum absolute atomic E-state index is 11.7. The summed E-state index contributed by atoms with van der Waals surface area (Å²) in [6, 6.07) is -0.643. The van der Waals surface area contributed by atoms with Crippen LogP contribution in [0.5, 0.6) is 0 Å². The molecule has 0 heterocycles. The Kier molecular flexibility index (Phi) is 7.34. The lowest BCUT2D eigenvalue weighted by Crippen LogP contribution is -2.43. The van der Waals surface area contributed by atoms with Crippen LogP contribution in [-0.4, -0.2) is 30.8 Å². The molecule has 0 saturated carbocycles. The van der Waals surface area contributed by atoms with Gasteiger partial charge in [0.2, 0.25) is 0 Å². The Labute approximate surface area is 103 Å². The van der Waals surface area contributed by atoms with Crippen LogP contribution in [0, 0.1) is 5.92 Å². The summed E-state index contributed by atoms with van der Waals surface area (Å²) in [5, 5.41) is 2.48. The molecule has 0 aliphatic carbocycles. The molecule has 0 fully saturated rings. The third-order valence-corrected chi connectivity index (χ3v) is 2.50. The Balaban J connectivity index is 4.26. The molecule has 100 valence electrons. The number of esters is 1. The van der Waals surface area contributed by atoms with Gasteiger partial charge in [-0.2, -0.15) is 0 Å². The summed E-state index contributed by atoms with van der Waals surface area (Å²) in [6.45, 7) is 9.56. The SMILES string of the molecule is CCOC(=O)NC(CC)C(=O)O[C@H](C)C(C)C. The van der Waals surface area contributed by atoms with Crippen LogP contribution in [0.1, 0.15) is 41.0 Å². The van der Waals surface area contributed by atoms with Gasteiger partial charge in [0.05, 0.1) is 6.61 Å². The molecule has 0 spiro atoms. The van der Waals surface area contributed by atoms with Gasteiger partial charge in [-0.05, 0) is 26.2 Å². The van der Waals surface area contributed by atoms with E-state index in [1.807, 2.05) is 20.8 Å². The quantitative estimate of drug-likeness (QED) is 0.728. The molecule has 1 unspecified atom stereocenters. The van der Waals surface area contributed by atoms with E-state index in [1.54, 1.807) is 13.8 Å². The summed E-state index contributed by atoms with van der Waals surface area (Å²) < 4.78 is 9.95. The zero-order chi connectivity index (χ0) is 13.4. The van der Waals surface area contributed by atoms with Gasteiger partial charge in [-0.1, -0.05) is 20.8 Å². The number of hydrogen-bond acceptors (Lipinski definition) is 4. The summed E-state index contributed by atoms with van der Waals surface area (Å²) >= 11 is 0. The highest BCUT2D eigenvalue weighted by Crippen LogP contribution is 2.07. The second-order valence-corrected chi connectivity index (χ2v) is 4.21. The highest BCUT2D eigenvalue weighted by Gasteiger charge is 2.23. The number of ether oxygens (including phenoxy) is 2. The molecule has 5 heteroatoms. The summed E-state index contributed by atoms with van der Waals surface area (Å²) in [6.07, 6.45) is -0.281. The lowest BCUT2D eigenvalue weighted by Gasteiger charge is -2.21. The molecule has 0 aromatic heterocycles. The van der Waals surface area contributed by atoms with Gasteiger partial charge < -0.3 is 14.8 Å². The molecule has 0 aliphatic heterocycles. The molecular weight excluding hydrogens is 222 g/mol. The normalized spacial score (nSPS) is 14.0. The Hall–Kier alpha value is -1.26. The smallest absolute Gasteiger partial charge is 0.407 e. The van der Waals surface area contributed by atoms with E-state index < -0.39 is 18.1 Å². The second-order valence-electron chi connectivity index (χ2n) is 4.21. The molecule has 17 heavy (non-hydrogen) atoms. The summed E-state index contributed by atoms with van der Waals surface area (Å²) in [5.74, 6) is -0.166. The number of carbonyl (C=O) groups excluding carboxylic acids is 2. The maximum Gasteiger partial charge on any atom is 0.407 e. The van der Waals surface area contributed by atoms with Crippen LogP contribution in [0.25, 0.3) is 0 Å². The van der Waals surface area contributed by atoms with E-state index in [-0.39, 0.29) is 18.6 Å². The fourth-order valence-corrected chi connectivity index (χ4v) is 1.04. The highest BCUT2D eigenvalue weighted by molar-refractivity contribution is 5.81. The number of amides is 1. The van der Waals surface area contributed by atoms with Crippen LogP contribution in [0.15, 0.2) is 0 Å². The minimum absolute atomic E-state index is 0.166. The van der Waals surface area contributed by atoms with Crippen molar-refractivity contribution in [1.29, 1.82) is 0 Å². The first kappa shape index (κ1) is 15.7. The molecule has 0 bridgehead atoms. The maximum atomic E-state index is 11.7. The molecule has 0 radical (unpaired) electrons. The topological polar surface area (TPSA) is 64.6 Å². The van der Waals surface area contributed by atoms with E-state index in [0.717, 1.165) is 0 Å². The van der Waals surface area contributed by atoms with Crippen molar-refractivity contribution in [3.8, 4) is 0 Å². The summed E-state index contributed by atoms with van der Waals surface area (Å²) in [4.78, 5) is 22.9. The Morgan fingerprint density at radius 3 is 2.18 bits per heavy atom. The zero-order valence-electron chi connectivity index (χ0n) is 11.3. The number of rotatable bonds is 6. The third kappa shape index (κ3) is 6.14. The standard InChI is InChI=1S/C12H23NO4/c1-6-10(13-12(15)16-7-2)11(14)17-9(5)8(3)4/h8-10H,6-7H2,1-5H3,(H,13,15)/t9-,10?/m1/s1. The molecule has 1 N–H and O–H groups in total. The molecule has 0 aliphatic rings. The van der Waals surface area contributed by atoms with Crippen LogP contribution in [0.2, 0.25) is 0 Å². The van der Waals surface area contributed by atoms with Gasteiger partial charge in [-0.15, -0.1) is 0 Å². The summed E-state index contributed by atoms with van der Waals surface area (Å²) in [7, 11) is 0. The van der Waals surface area contributed by atoms with Crippen LogP contribution in [0.4, 0.5) is 4.79 Å². The van der Waals surface area contributed by atoms with Gasteiger partial charge in [0.1, 0.15) is 12.1 Å². The first-order chi connectivity index (χ1) is 7.92. The second kappa shape index (κ2) is 7.92. The van der Waals surface area contributed by atoms with Crippen LogP contribution in [0.3, 0.4) is 0 Å². The van der Waals surface area contributed by atoms with E-state index in [9.17, 15) is 9.59 Å². The van der Waals surface area contributed by atoms with E-state index in [0.29, 0.717) is 6.42 Å². The Morgan fingerprint density at radius 2 is 1.76 bits per heavy atom. The molecule has 1 amide bonds. The van der Waals surface area contributed by atoms with E-state index in [1.165, 1.54) is 0 Å². The molecule has 0 saturated heterocycles.